The van der Waals surface area contributed by atoms with E-state index in [0.717, 1.165) is 41.0 Å². The summed E-state index contributed by atoms with van der Waals surface area (Å²) in [6, 6.07) is 7.80. The Morgan fingerprint density at radius 2 is 2.19 bits per heavy atom. The molecule has 2 rings (SSSR count). The summed E-state index contributed by atoms with van der Waals surface area (Å²) in [5.74, 6) is 1.04. The predicted molar refractivity (Wildman–Crippen MR) is 72.6 cm³/mol. The highest BCUT2D eigenvalue weighted by atomic mass is 79.9. The molecule has 1 aromatic carbocycles. The Morgan fingerprint density at radius 3 is 2.94 bits per heavy atom. The lowest BCUT2D eigenvalue weighted by atomic mass is 10.1. The minimum atomic E-state index is 0.573. The molecule has 1 atom stereocenters. The van der Waals surface area contributed by atoms with E-state index in [1.54, 1.807) is 0 Å². The van der Waals surface area contributed by atoms with Gasteiger partial charge in [-0.05, 0) is 37.1 Å². The monoisotopic (exact) mass is 300 g/mol. The first-order valence-electron chi connectivity index (χ1n) is 5.51. The average molecular weight is 302 g/mol. The van der Waals surface area contributed by atoms with Gasteiger partial charge >= 0.3 is 0 Å². The van der Waals surface area contributed by atoms with Crippen LogP contribution in [0.25, 0.3) is 11.0 Å². The largest absolute Gasteiger partial charge is 0.461 e. The van der Waals surface area contributed by atoms with Gasteiger partial charge in [0.1, 0.15) is 11.3 Å². The average Bonchev–Trinajstić information content (AvgIpc) is 2.67. The smallest absolute Gasteiger partial charge is 0.134 e. The molecule has 0 bridgehead atoms. The highest BCUT2D eigenvalue weighted by Gasteiger charge is 2.07. The fourth-order valence-corrected chi connectivity index (χ4v) is 2.10. The van der Waals surface area contributed by atoms with Crippen molar-refractivity contribution in [2.75, 3.05) is 0 Å². The molecular weight excluding hydrogens is 287 g/mol. The number of hydrogen-bond donors (Lipinski definition) is 0. The van der Waals surface area contributed by atoms with E-state index in [4.69, 9.17) is 16.0 Å². The van der Waals surface area contributed by atoms with E-state index in [2.05, 4.69) is 28.9 Å². The maximum absolute atomic E-state index is 5.93. The Bertz CT molecular complexity index is 478. The van der Waals surface area contributed by atoms with Gasteiger partial charge in [-0.15, -0.1) is 0 Å². The highest BCUT2D eigenvalue weighted by Crippen LogP contribution is 2.24. The molecule has 0 saturated carbocycles. The van der Waals surface area contributed by atoms with Crippen molar-refractivity contribution in [2.24, 2.45) is 0 Å². The second-order valence-electron chi connectivity index (χ2n) is 3.94. The van der Waals surface area contributed by atoms with Gasteiger partial charge in [-0.2, -0.15) is 0 Å². The van der Waals surface area contributed by atoms with Crippen molar-refractivity contribution >= 4 is 38.5 Å². The fourth-order valence-electron chi connectivity index (χ4n) is 1.70. The van der Waals surface area contributed by atoms with Crippen molar-refractivity contribution in [3.8, 4) is 0 Å². The Balaban J connectivity index is 2.13. The van der Waals surface area contributed by atoms with E-state index in [1.807, 2.05) is 18.2 Å². The number of furan rings is 1. The van der Waals surface area contributed by atoms with Gasteiger partial charge in [-0.1, -0.05) is 34.5 Å². The maximum atomic E-state index is 5.93. The third kappa shape index (κ3) is 2.80. The van der Waals surface area contributed by atoms with E-state index in [-0.39, 0.29) is 0 Å². The third-order valence-electron chi connectivity index (χ3n) is 2.68. The van der Waals surface area contributed by atoms with Crippen LogP contribution in [0.2, 0.25) is 5.02 Å². The van der Waals surface area contributed by atoms with Crippen molar-refractivity contribution in [1.82, 2.24) is 0 Å². The zero-order chi connectivity index (χ0) is 11.5. The number of aryl methyl sites for hydroxylation is 1. The van der Waals surface area contributed by atoms with E-state index >= 15 is 0 Å². The van der Waals surface area contributed by atoms with Gasteiger partial charge in [0.25, 0.3) is 0 Å². The molecular formula is C13H14BrClO. The molecule has 1 unspecified atom stereocenters. The van der Waals surface area contributed by atoms with E-state index in [9.17, 15) is 0 Å². The van der Waals surface area contributed by atoms with E-state index in [1.165, 1.54) is 0 Å². The lowest BCUT2D eigenvalue weighted by Crippen LogP contribution is -1.96. The summed E-state index contributed by atoms with van der Waals surface area (Å²) in [5, 5.41) is 1.84. The van der Waals surface area contributed by atoms with Crippen LogP contribution in [-0.4, -0.2) is 4.83 Å². The second kappa shape index (κ2) is 5.24. The minimum Gasteiger partial charge on any atom is -0.461 e. The fraction of sp³-hybridized carbons (Fsp3) is 0.385. The topological polar surface area (TPSA) is 13.1 Å². The van der Waals surface area contributed by atoms with Crippen LogP contribution in [0.4, 0.5) is 0 Å². The van der Waals surface area contributed by atoms with Crippen LogP contribution >= 0.6 is 27.5 Å². The summed E-state index contributed by atoms with van der Waals surface area (Å²) in [7, 11) is 0. The van der Waals surface area contributed by atoms with Crippen LogP contribution in [0.15, 0.2) is 28.7 Å². The van der Waals surface area contributed by atoms with E-state index < -0.39 is 0 Å². The zero-order valence-corrected chi connectivity index (χ0v) is 11.5. The van der Waals surface area contributed by atoms with Gasteiger partial charge < -0.3 is 4.42 Å². The first-order chi connectivity index (χ1) is 7.69. The van der Waals surface area contributed by atoms with Crippen LogP contribution in [0.3, 0.4) is 0 Å². The number of fused-ring (bicyclic) bond motifs is 1. The summed E-state index contributed by atoms with van der Waals surface area (Å²) < 4.78 is 5.74. The molecule has 0 spiro atoms. The summed E-state index contributed by atoms with van der Waals surface area (Å²) in [6.45, 7) is 2.18. The Kier molecular flexibility index (Phi) is 3.93. The SMILES string of the molecule is CCC(Br)CCc1cc2cc(Cl)ccc2o1. The Morgan fingerprint density at radius 1 is 1.38 bits per heavy atom. The Hall–Kier alpha value is -0.470. The summed E-state index contributed by atoms with van der Waals surface area (Å²) in [4.78, 5) is 0.573. The molecule has 0 aliphatic carbocycles. The van der Waals surface area contributed by atoms with Crippen LogP contribution in [0.1, 0.15) is 25.5 Å². The van der Waals surface area contributed by atoms with Crippen molar-refractivity contribution < 1.29 is 4.42 Å². The lowest BCUT2D eigenvalue weighted by molar-refractivity contribution is 0.535. The molecule has 0 aliphatic heterocycles. The van der Waals surface area contributed by atoms with Gasteiger partial charge in [0.15, 0.2) is 0 Å². The molecule has 1 aromatic heterocycles. The summed E-state index contributed by atoms with van der Waals surface area (Å²) in [5.41, 5.74) is 0.919. The number of hydrogen-bond acceptors (Lipinski definition) is 1. The molecule has 0 saturated heterocycles. The van der Waals surface area contributed by atoms with E-state index in [0.29, 0.717) is 4.83 Å². The molecule has 86 valence electrons. The van der Waals surface area contributed by atoms with Crippen molar-refractivity contribution in [1.29, 1.82) is 0 Å². The molecule has 3 heteroatoms. The zero-order valence-electron chi connectivity index (χ0n) is 9.17. The number of alkyl halides is 1. The quantitative estimate of drug-likeness (QED) is 0.708. The standard InChI is InChI=1S/C13H14BrClO/c1-2-10(14)3-5-12-8-9-7-11(15)4-6-13(9)16-12/h4,6-8,10H,2-3,5H2,1H3. The highest BCUT2D eigenvalue weighted by molar-refractivity contribution is 9.09. The number of halogens is 2. The molecule has 1 heterocycles. The molecule has 1 nitrogen and oxygen atoms in total. The molecule has 2 aromatic rings. The van der Waals surface area contributed by atoms with Crippen LogP contribution in [0, 0.1) is 0 Å². The molecule has 0 N–H and O–H groups in total. The summed E-state index contributed by atoms with van der Waals surface area (Å²) in [6.07, 6.45) is 3.21. The first-order valence-corrected chi connectivity index (χ1v) is 6.80. The van der Waals surface area contributed by atoms with Gasteiger partial charge in [0.2, 0.25) is 0 Å². The first kappa shape index (κ1) is 12.0. The van der Waals surface area contributed by atoms with Crippen molar-refractivity contribution in [3.63, 3.8) is 0 Å². The molecule has 0 radical (unpaired) electrons. The van der Waals surface area contributed by atoms with Gasteiger partial charge in [0, 0.05) is 21.7 Å². The van der Waals surface area contributed by atoms with Crippen molar-refractivity contribution in [3.05, 3.63) is 35.0 Å². The third-order valence-corrected chi connectivity index (χ3v) is 4.02. The van der Waals surface area contributed by atoms with Gasteiger partial charge in [0.05, 0.1) is 0 Å². The number of benzene rings is 1. The van der Waals surface area contributed by atoms with Crippen LogP contribution in [-0.2, 0) is 6.42 Å². The van der Waals surface area contributed by atoms with Crippen molar-refractivity contribution in [2.45, 2.75) is 31.0 Å². The maximum Gasteiger partial charge on any atom is 0.134 e. The summed E-state index contributed by atoms with van der Waals surface area (Å²) >= 11 is 9.56. The lowest BCUT2D eigenvalue weighted by Gasteiger charge is -2.03. The number of rotatable bonds is 4. The molecule has 0 amide bonds. The minimum absolute atomic E-state index is 0.573. The van der Waals surface area contributed by atoms with Crippen LogP contribution < -0.4 is 0 Å². The van der Waals surface area contributed by atoms with Crippen LogP contribution in [0.5, 0.6) is 0 Å². The second-order valence-corrected chi connectivity index (χ2v) is 5.67. The predicted octanol–water partition coefficient (Wildman–Crippen LogP) is 5.19. The van der Waals surface area contributed by atoms with Gasteiger partial charge in [-0.25, -0.2) is 0 Å². The molecule has 0 fully saturated rings. The van der Waals surface area contributed by atoms with Gasteiger partial charge in [-0.3, -0.25) is 0 Å². The molecule has 0 aliphatic rings. The Labute approximate surface area is 109 Å². The normalized spacial score (nSPS) is 13.2. The molecule has 16 heavy (non-hydrogen) atoms.